The number of aliphatic hydroxyl groups excluding tert-OH is 1. The molecular formula is C21H16FO2P. The van der Waals surface area contributed by atoms with Crippen molar-refractivity contribution in [3.05, 3.63) is 102 Å². The van der Waals surface area contributed by atoms with E-state index in [-0.39, 0.29) is 0 Å². The number of hydrogen-bond acceptors (Lipinski definition) is 2. The Morgan fingerprint density at radius 3 is 2.00 bits per heavy atom. The van der Waals surface area contributed by atoms with Crippen molar-refractivity contribution in [1.29, 1.82) is 0 Å². The van der Waals surface area contributed by atoms with Gasteiger partial charge >= 0.3 is 0 Å². The fourth-order valence-corrected chi connectivity index (χ4v) is 4.47. The Balaban J connectivity index is 2.08. The van der Waals surface area contributed by atoms with Crippen molar-refractivity contribution in [1.82, 2.24) is 0 Å². The van der Waals surface area contributed by atoms with Gasteiger partial charge in [-0.1, -0.05) is 66.6 Å². The van der Waals surface area contributed by atoms with Crippen molar-refractivity contribution in [3.63, 3.8) is 0 Å². The first kappa shape index (κ1) is 17.2. The van der Waals surface area contributed by atoms with E-state index in [0.717, 1.165) is 0 Å². The summed E-state index contributed by atoms with van der Waals surface area (Å²) >= 11 is 0. The van der Waals surface area contributed by atoms with Gasteiger partial charge in [0.05, 0.1) is 0 Å². The molecule has 25 heavy (non-hydrogen) atoms. The van der Waals surface area contributed by atoms with Crippen LogP contribution in [0.25, 0.3) is 0 Å². The second kappa shape index (κ2) is 7.49. The van der Waals surface area contributed by atoms with E-state index in [0.29, 0.717) is 16.4 Å². The third kappa shape index (κ3) is 3.88. The lowest BCUT2D eigenvalue weighted by atomic mass is 10.2. The van der Waals surface area contributed by atoms with Gasteiger partial charge in [0.15, 0.2) is 0 Å². The molecule has 0 bridgehead atoms. The molecule has 0 radical (unpaired) electrons. The standard InChI is InChI=1S/C21H16FO2P/c22-19-13-11-18(12-14-19)21(23)25(24,20-9-5-2-6-10-20)16-15-17-7-3-1-4-8-17/h1-14,21,23H/t21-,25-/m1/s1. The predicted molar refractivity (Wildman–Crippen MR) is 98.4 cm³/mol. The molecule has 4 heteroatoms. The lowest BCUT2D eigenvalue weighted by Crippen LogP contribution is -2.10. The van der Waals surface area contributed by atoms with Gasteiger partial charge in [0.2, 0.25) is 7.14 Å². The predicted octanol–water partition coefficient (Wildman–Crippen LogP) is 4.51. The highest BCUT2D eigenvalue weighted by Crippen LogP contribution is 2.55. The van der Waals surface area contributed by atoms with Gasteiger partial charge in [-0.15, -0.1) is 0 Å². The Labute approximate surface area is 146 Å². The molecule has 3 aromatic carbocycles. The van der Waals surface area contributed by atoms with Gasteiger partial charge < -0.3 is 9.67 Å². The van der Waals surface area contributed by atoms with Crippen LogP contribution in [0.1, 0.15) is 17.0 Å². The Kier molecular flexibility index (Phi) is 5.14. The van der Waals surface area contributed by atoms with Gasteiger partial charge in [-0.2, -0.15) is 0 Å². The highest BCUT2D eigenvalue weighted by molar-refractivity contribution is 7.76. The SMILES string of the molecule is O=[P@](C#Cc1ccccc1)(c1ccccc1)[C@@H](O)c1ccc(F)cc1. The summed E-state index contributed by atoms with van der Waals surface area (Å²) in [5.74, 6) is 1.16. The Hall–Kier alpha value is -2.66. The van der Waals surface area contributed by atoms with E-state index in [2.05, 4.69) is 11.6 Å². The molecule has 0 spiro atoms. The first-order valence-corrected chi connectivity index (χ1v) is 9.54. The summed E-state index contributed by atoms with van der Waals surface area (Å²) in [6, 6.07) is 23.2. The van der Waals surface area contributed by atoms with Gasteiger partial charge in [-0.05, 0) is 35.5 Å². The average molecular weight is 350 g/mol. The summed E-state index contributed by atoms with van der Waals surface area (Å²) in [4.78, 5) is 0. The fraction of sp³-hybridized carbons (Fsp3) is 0.0476. The van der Waals surface area contributed by atoms with Crippen LogP contribution in [0, 0.1) is 17.4 Å². The van der Waals surface area contributed by atoms with E-state index in [4.69, 9.17) is 0 Å². The van der Waals surface area contributed by atoms with Gasteiger partial charge in [0, 0.05) is 10.9 Å². The van der Waals surface area contributed by atoms with Crippen LogP contribution in [0.2, 0.25) is 0 Å². The summed E-state index contributed by atoms with van der Waals surface area (Å²) in [6.45, 7) is 0. The van der Waals surface area contributed by atoms with Gasteiger partial charge in [-0.25, -0.2) is 4.39 Å². The summed E-state index contributed by atoms with van der Waals surface area (Å²) in [7, 11) is -3.49. The Morgan fingerprint density at radius 2 is 1.40 bits per heavy atom. The van der Waals surface area contributed by atoms with Crippen LogP contribution >= 0.6 is 7.14 Å². The summed E-state index contributed by atoms with van der Waals surface area (Å²) in [5, 5.41) is 11.2. The van der Waals surface area contributed by atoms with Crippen molar-refractivity contribution in [2.75, 3.05) is 0 Å². The van der Waals surface area contributed by atoms with E-state index in [1.54, 1.807) is 24.3 Å². The molecule has 2 atom stereocenters. The first-order valence-electron chi connectivity index (χ1n) is 7.77. The second-order valence-electron chi connectivity index (χ2n) is 5.52. The molecule has 0 aliphatic rings. The van der Waals surface area contributed by atoms with E-state index in [1.807, 2.05) is 36.4 Å². The number of rotatable bonds is 3. The van der Waals surface area contributed by atoms with Crippen LogP contribution < -0.4 is 5.30 Å². The quantitative estimate of drug-likeness (QED) is 0.557. The second-order valence-corrected chi connectivity index (χ2v) is 8.07. The van der Waals surface area contributed by atoms with Crippen molar-refractivity contribution in [3.8, 4) is 11.6 Å². The molecule has 0 amide bonds. The molecule has 0 saturated heterocycles. The molecule has 0 aliphatic carbocycles. The first-order chi connectivity index (χ1) is 12.1. The maximum atomic E-state index is 13.7. The molecule has 3 rings (SSSR count). The molecule has 0 fully saturated rings. The van der Waals surface area contributed by atoms with Crippen LogP contribution in [0.4, 0.5) is 4.39 Å². The maximum absolute atomic E-state index is 13.7. The summed E-state index contributed by atoms with van der Waals surface area (Å²) in [5.41, 5.74) is 3.89. The normalized spacial score (nSPS) is 14.0. The molecule has 0 heterocycles. The van der Waals surface area contributed by atoms with Crippen LogP contribution in [0.5, 0.6) is 0 Å². The highest BCUT2D eigenvalue weighted by Gasteiger charge is 2.33. The zero-order valence-corrected chi connectivity index (χ0v) is 14.2. The van der Waals surface area contributed by atoms with Crippen LogP contribution in [0.15, 0.2) is 84.9 Å². The van der Waals surface area contributed by atoms with Crippen molar-refractivity contribution in [2.24, 2.45) is 0 Å². The lowest BCUT2D eigenvalue weighted by molar-refractivity contribution is 0.257. The largest absolute Gasteiger partial charge is 0.379 e. The Bertz CT molecular complexity index is 942. The van der Waals surface area contributed by atoms with E-state index in [1.165, 1.54) is 24.3 Å². The van der Waals surface area contributed by atoms with Crippen molar-refractivity contribution < 1.29 is 14.1 Å². The monoisotopic (exact) mass is 350 g/mol. The minimum Gasteiger partial charge on any atom is -0.379 e. The summed E-state index contributed by atoms with van der Waals surface area (Å²) < 4.78 is 26.8. The van der Waals surface area contributed by atoms with Crippen LogP contribution in [-0.2, 0) is 4.57 Å². The molecule has 3 aromatic rings. The molecule has 0 unspecified atom stereocenters. The topological polar surface area (TPSA) is 37.3 Å². The smallest absolute Gasteiger partial charge is 0.214 e. The molecule has 0 aromatic heterocycles. The van der Waals surface area contributed by atoms with E-state index in [9.17, 15) is 14.1 Å². The van der Waals surface area contributed by atoms with Gasteiger partial charge in [-0.3, -0.25) is 0 Å². The minimum absolute atomic E-state index is 0.371. The third-order valence-corrected chi connectivity index (χ3v) is 6.29. The molecular weight excluding hydrogens is 334 g/mol. The zero-order valence-electron chi connectivity index (χ0n) is 13.3. The summed E-state index contributed by atoms with van der Waals surface area (Å²) in [6.07, 6.45) is 0. The lowest BCUT2D eigenvalue weighted by Gasteiger charge is -2.19. The van der Waals surface area contributed by atoms with E-state index < -0.39 is 18.8 Å². The van der Waals surface area contributed by atoms with Gasteiger partial charge in [0.25, 0.3) is 0 Å². The minimum atomic E-state index is -3.49. The van der Waals surface area contributed by atoms with E-state index >= 15 is 0 Å². The number of benzene rings is 3. The van der Waals surface area contributed by atoms with Crippen molar-refractivity contribution >= 4 is 12.4 Å². The van der Waals surface area contributed by atoms with Gasteiger partial charge in [0.1, 0.15) is 11.7 Å². The fourth-order valence-electron chi connectivity index (χ4n) is 2.43. The molecule has 2 nitrogen and oxygen atoms in total. The number of halogens is 1. The zero-order chi connectivity index (χ0) is 17.7. The molecule has 1 N–H and O–H groups in total. The van der Waals surface area contributed by atoms with Crippen molar-refractivity contribution in [2.45, 2.75) is 5.85 Å². The molecule has 0 saturated carbocycles. The number of aliphatic hydroxyl groups is 1. The van der Waals surface area contributed by atoms with Crippen LogP contribution in [-0.4, -0.2) is 5.11 Å². The highest BCUT2D eigenvalue weighted by atomic mass is 31.2. The maximum Gasteiger partial charge on any atom is 0.214 e. The Morgan fingerprint density at radius 1 is 0.840 bits per heavy atom. The number of hydrogen-bond donors (Lipinski definition) is 1. The average Bonchev–Trinajstić information content (AvgIpc) is 2.67. The third-order valence-electron chi connectivity index (χ3n) is 3.79. The van der Waals surface area contributed by atoms with Crippen LogP contribution in [0.3, 0.4) is 0 Å². The molecule has 124 valence electrons. The molecule has 0 aliphatic heterocycles.